The monoisotopic (exact) mass is 714 g/mol. The summed E-state index contributed by atoms with van der Waals surface area (Å²) < 4.78 is 21.6. The van der Waals surface area contributed by atoms with Gasteiger partial charge in [0, 0.05) is 12.8 Å². The second-order valence-corrected chi connectivity index (χ2v) is 13.8. The van der Waals surface area contributed by atoms with Crippen LogP contribution in [0.15, 0.2) is 12.2 Å². The first-order chi connectivity index (χ1) is 24.2. The zero-order valence-electron chi connectivity index (χ0n) is 31.2. The lowest BCUT2D eigenvalue weighted by Gasteiger charge is -2.38. The van der Waals surface area contributed by atoms with Crippen LogP contribution in [0, 0.1) is 0 Å². The third kappa shape index (κ3) is 22.7. The van der Waals surface area contributed by atoms with Gasteiger partial charge in [-0.25, -0.2) is 4.79 Å². The largest absolute Gasteiger partial charge is 0.479 e. The quantitative estimate of drug-likeness (QED) is 0.0313. The van der Waals surface area contributed by atoms with Crippen LogP contribution >= 0.6 is 0 Å². The summed E-state index contributed by atoms with van der Waals surface area (Å²) in [7, 11) is 0. The lowest BCUT2D eigenvalue weighted by atomic mass is 9.99. The molecule has 1 rings (SSSR count). The summed E-state index contributed by atoms with van der Waals surface area (Å²) >= 11 is 0. The van der Waals surface area contributed by atoms with Crippen LogP contribution < -0.4 is 0 Å². The van der Waals surface area contributed by atoms with Crippen molar-refractivity contribution >= 4 is 17.9 Å². The maximum Gasteiger partial charge on any atom is 0.335 e. The molecule has 0 saturated carbocycles. The van der Waals surface area contributed by atoms with E-state index in [1.807, 2.05) is 0 Å². The molecule has 0 bridgehead atoms. The molecule has 0 aromatic carbocycles. The third-order valence-corrected chi connectivity index (χ3v) is 9.11. The Labute approximate surface area is 301 Å². The summed E-state index contributed by atoms with van der Waals surface area (Å²) in [6.07, 6.45) is 19.9. The van der Waals surface area contributed by atoms with Crippen molar-refractivity contribution in [3.8, 4) is 0 Å². The van der Waals surface area contributed by atoms with Gasteiger partial charge in [-0.1, -0.05) is 129 Å². The molecule has 1 heterocycles. The number of unbranched alkanes of at least 4 members (excludes halogenated alkanes) is 19. The molecule has 6 unspecified atom stereocenters. The van der Waals surface area contributed by atoms with E-state index in [9.17, 15) is 34.8 Å². The van der Waals surface area contributed by atoms with Crippen molar-refractivity contribution in [2.45, 2.75) is 205 Å². The number of carboxylic acid groups (broad SMARTS) is 1. The molecule has 0 amide bonds. The van der Waals surface area contributed by atoms with Gasteiger partial charge in [0.2, 0.25) is 0 Å². The fraction of sp³-hybridized carbons (Fsp3) is 0.872. The molecule has 50 heavy (non-hydrogen) atoms. The lowest BCUT2D eigenvalue weighted by Crippen LogP contribution is -2.60. The zero-order chi connectivity index (χ0) is 36.8. The first-order valence-corrected chi connectivity index (χ1v) is 19.7. The predicted octanol–water partition coefficient (Wildman–Crippen LogP) is 7.31. The van der Waals surface area contributed by atoms with Crippen LogP contribution in [0.3, 0.4) is 0 Å². The molecule has 11 nitrogen and oxygen atoms in total. The SMILES string of the molecule is CCCCC/C=C\CCCCCCCC(=O)OCC(COC1OC(C(=O)O)C(O)C(O)C1O)OC(=O)CCCCCCCCCCCCCC. The van der Waals surface area contributed by atoms with Crippen LogP contribution in [-0.2, 0) is 33.3 Å². The second kappa shape index (κ2) is 30.6. The van der Waals surface area contributed by atoms with Crippen LogP contribution in [0.25, 0.3) is 0 Å². The van der Waals surface area contributed by atoms with Crippen molar-refractivity contribution in [1.82, 2.24) is 0 Å². The highest BCUT2D eigenvalue weighted by molar-refractivity contribution is 5.73. The van der Waals surface area contributed by atoms with Gasteiger partial charge < -0.3 is 39.4 Å². The molecule has 292 valence electrons. The highest BCUT2D eigenvalue weighted by Gasteiger charge is 2.47. The van der Waals surface area contributed by atoms with Crippen molar-refractivity contribution in [2.24, 2.45) is 0 Å². The number of carboxylic acids is 1. The molecule has 0 aromatic heterocycles. The van der Waals surface area contributed by atoms with E-state index in [1.54, 1.807) is 0 Å². The predicted molar refractivity (Wildman–Crippen MR) is 192 cm³/mol. The lowest BCUT2D eigenvalue weighted by molar-refractivity contribution is -0.298. The van der Waals surface area contributed by atoms with E-state index in [1.165, 1.54) is 70.6 Å². The maximum atomic E-state index is 12.7. The number of ether oxygens (including phenoxy) is 4. The van der Waals surface area contributed by atoms with Crippen molar-refractivity contribution < 1.29 is 53.8 Å². The summed E-state index contributed by atoms with van der Waals surface area (Å²) in [5.74, 6) is -2.45. The minimum absolute atomic E-state index is 0.186. The first kappa shape index (κ1) is 46.0. The Hall–Kier alpha value is -2.05. The molecule has 1 aliphatic rings. The van der Waals surface area contributed by atoms with Crippen molar-refractivity contribution in [1.29, 1.82) is 0 Å². The Morgan fingerprint density at radius 2 is 1.06 bits per heavy atom. The van der Waals surface area contributed by atoms with E-state index in [0.717, 1.165) is 57.8 Å². The number of aliphatic hydroxyl groups is 3. The van der Waals surface area contributed by atoms with Gasteiger partial charge >= 0.3 is 17.9 Å². The van der Waals surface area contributed by atoms with Crippen molar-refractivity contribution in [3.63, 3.8) is 0 Å². The molecule has 0 aromatic rings. The van der Waals surface area contributed by atoms with Crippen molar-refractivity contribution in [2.75, 3.05) is 13.2 Å². The minimum atomic E-state index is -1.86. The molecule has 0 spiro atoms. The Morgan fingerprint density at radius 1 is 0.600 bits per heavy atom. The van der Waals surface area contributed by atoms with Crippen LogP contribution in [0.1, 0.15) is 168 Å². The second-order valence-electron chi connectivity index (χ2n) is 13.8. The Kier molecular flexibility index (Phi) is 28.1. The molecular formula is C39H70O11. The van der Waals surface area contributed by atoms with Crippen LogP contribution in [0.2, 0.25) is 0 Å². The van der Waals surface area contributed by atoms with E-state index >= 15 is 0 Å². The topological polar surface area (TPSA) is 169 Å². The highest BCUT2D eigenvalue weighted by Crippen LogP contribution is 2.23. The molecule has 0 aliphatic carbocycles. The normalized spacial score (nSPS) is 21.3. The first-order valence-electron chi connectivity index (χ1n) is 19.7. The van der Waals surface area contributed by atoms with Gasteiger partial charge in [0.1, 0.15) is 24.9 Å². The number of aliphatic carboxylic acids is 1. The summed E-state index contributed by atoms with van der Waals surface area (Å²) in [4.78, 5) is 36.6. The Balaban J connectivity index is 2.44. The average molecular weight is 715 g/mol. The molecule has 1 saturated heterocycles. The standard InChI is InChI=1S/C39H70O11/c1-3-5-7-9-11-13-15-17-19-21-23-25-27-32(40)47-29-31(30-48-39-36(44)34(42)35(43)37(50-39)38(45)46)49-33(41)28-26-24-22-20-18-16-14-12-10-8-6-4-2/h11,13,31,34-37,39,42-44H,3-10,12,14-30H2,1-2H3,(H,45,46)/b13-11-. The van der Waals surface area contributed by atoms with E-state index in [4.69, 9.17) is 18.9 Å². The summed E-state index contributed by atoms with van der Waals surface area (Å²) in [6, 6.07) is 0. The van der Waals surface area contributed by atoms with Gasteiger partial charge in [-0.3, -0.25) is 9.59 Å². The van der Waals surface area contributed by atoms with Gasteiger partial charge in [-0.15, -0.1) is 0 Å². The average Bonchev–Trinajstić information content (AvgIpc) is 3.09. The van der Waals surface area contributed by atoms with Gasteiger partial charge in [-0.05, 0) is 38.5 Å². The molecule has 0 radical (unpaired) electrons. The van der Waals surface area contributed by atoms with Crippen LogP contribution in [0.5, 0.6) is 0 Å². The number of esters is 2. The van der Waals surface area contributed by atoms with Gasteiger partial charge in [-0.2, -0.15) is 0 Å². The van der Waals surface area contributed by atoms with E-state index in [2.05, 4.69) is 26.0 Å². The van der Waals surface area contributed by atoms with Gasteiger partial charge in [0.15, 0.2) is 18.5 Å². The summed E-state index contributed by atoms with van der Waals surface area (Å²) in [5, 5.41) is 39.6. The number of carbonyl (C=O) groups excluding carboxylic acids is 2. The molecule has 6 atom stereocenters. The summed E-state index contributed by atoms with van der Waals surface area (Å²) in [6.45, 7) is 3.75. The number of aliphatic hydroxyl groups excluding tert-OH is 3. The number of hydrogen-bond donors (Lipinski definition) is 4. The summed E-state index contributed by atoms with van der Waals surface area (Å²) in [5.41, 5.74) is 0. The highest BCUT2D eigenvalue weighted by atomic mass is 16.7. The number of allylic oxidation sites excluding steroid dienone is 2. The third-order valence-electron chi connectivity index (χ3n) is 9.11. The van der Waals surface area contributed by atoms with E-state index < -0.39 is 54.7 Å². The fourth-order valence-electron chi connectivity index (χ4n) is 5.93. The van der Waals surface area contributed by atoms with E-state index in [0.29, 0.717) is 12.8 Å². The Morgan fingerprint density at radius 3 is 1.60 bits per heavy atom. The van der Waals surface area contributed by atoms with Gasteiger partial charge in [0.05, 0.1) is 6.61 Å². The zero-order valence-corrected chi connectivity index (χ0v) is 31.2. The molecule has 1 fully saturated rings. The molecule has 1 aliphatic heterocycles. The molecule has 11 heteroatoms. The number of hydrogen-bond acceptors (Lipinski definition) is 10. The van der Waals surface area contributed by atoms with E-state index in [-0.39, 0.29) is 26.1 Å². The van der Waals surface area contributed by atoms with Crippen LogP contribution in [0.4, 0.5) is 0 Å². The molecule has 4 N–H and O–H groups in total. The molecular weight excluding hydrogens is 644 g/mol. The fourth-order valence-corrected chi connectivity index (χ4v) is 5.93. The van der Waals surface area contributed by atoms with Crippen LogP contribution in [-0.4, -0.2) is 88.4 Å². The maximum absolute atomic E-state index is 12.7. The number of carbonyl (C=O) groups is 3. The van der Waals surface area contributed by atoms with Gasteiger partial charge in [0.25, 0.3) is 0 Å². The Bertz CT molecular complexity index is 895. The smallest absolute Gasteiger partial charge is 0.335 e. The minimum Gasteiger partial charge on any atom is -0.479 e. The number of rotatable bonds is 32. The van der Waals surface area contributed by atoms with Crippen molar-refractivity contribution in [3.05, 3.63) is 12.2 Å².